The van der Waals surface area contributed by atoms with Crippen LogP contribution in [0, 0.1) is 5.82 Å². The van der Waals surface area contributed by atoms with Crippen LogP contribution in [0.3, 0.4) is 0 Å². The second-order valence-corrected chi connectivity index (χ2v) is 6.96. The van der Waals surface area contributed by atoms with Crippen molar-refractivity contribution in [2.24, 2.45) is 5.73 Å². The number of aliphatic hydroxyl groups is 1. The minimum Gasteiger partial charge on any atom is -0.372 e. The van der Waals surface area contributed by atoms with E-state index in [0.717, 1.165) is 30.3 Å². The van der Waals surface area contributed by atoms with Crippen LogP contribution in [0.2, 0.25) is 0 Å². The maximum Gasteiger partial charge on any atom is 0.425 e. The fourth-order valence-electron chi connectivity index (χ4n) is 3.42. The number of nitrogens with zero attached hydrogens (tertiary/aromatic N) is 2. The number of rotatable bonds is 4. The van der Waals surface area contributed by atoms with E-state index in [0.29, 0.717) is 16.6 Å². The Hall–Kier alpha value is -3.72. The van der Waals surface area contributed by atoms with Gasteiger partial charge in [-0.1, -0.05) is 18.2 Å². The van der Waals surface area contributed by atoms with Crippen molar-refractivity contribution in [1.29, 1.82) is 0 Å². The van der Waals surface area contributed by atoms with Gasteiger partial charge in [-0.05, 0) is 59.7 Å². The molecule has 31 heavy (non-hydrogen) atoms. The van der Waals surface area contributed by atoms with Crippen LogP contribution in [0.25, 0.3) is 16.6 Å². The minimum absolute atomic E-state index is 0.0179. The third kappa shape index (κ3) is 3.42. The normalized spacial score (nSPS) is 13.8. The van der Waals surface area contributed by atoms with Gasteiger partial charge in [-0.2, -0.15) is 18.3 Å². The van der Waals surface area contributed by atoms with Crippen LogP contribution in [0.1, 0.15) is 21.5 Å². The van der Waals surface area contributed by atoms with Gasteiger partial charge in [0, 0.05) is 10.9 Å². The van der Waals surface area contributed by atoms with Gasteiger partial charge in [-0.3, -0.25) is 4.79 Å². The van der Waals surface area contributed by atoms with E-state index in [-0.39, 0.29) is 5.56 Å². The van der Waals surface area contributed by atoms with Crippen LogP contribution in [0.15, 0.2) is 72.9 Å². The molecule has 4 aromatic rings. The lowest BCUT2D eigenvalue weighted by atomic mass is 9.84. The van der Waals surface area contributed by atoms with Crippen LogP contribution >= 0.6 is 0 Å². The van der Waals surface area contributed by atoms with E-state index in [4.69, 9.17) is 5.73 Å². The third-order valence-electron chi connectivity index (χ3n) is 5.05. The summed E-state index contributed by atoms with van der Waals surface area (Å²) >= 11 is 0. The van der Waals surface area contributed by atoms with Crippen molar-refractivity contribution >= 4 is 16.8 Å². The summed E-state index contributed by atoms with van der Waals surface area (Å²) in [4.78, 5) is 11.2. The zero-order valence-electron chi connectivity index (χ0n) is 15.8. The molecule has 1 aromatic heterocycles. The largest absolute Gasteiger partial charge is 0.425 e. The summed E-state index contributed by atoms with van der Waals surface area (Å²) in [7, 11) is 0. The SMILES string of the molecule is NC(=O)c1ccc(C(O)(c2ccc3c(cnn3-c3ccc(F)cc3)c2)C(F)(F)F)cc1. The molecule has 0 bridgehead atoms. The highest BCUT2D eigenvalue weighted by Crippen LogP contribution is 2.45. The van der Waals surface area contributed by atoms with Gasteiger partial charge in [-0.15, -0.1) is 0 Å². The number of aromatic nitrogens is 2. The molecule has 3 aromatic carbocycles. The highest BCUT2D eigenvalue weighted by molar-refractivity contribution is 5.92. The average molecular weight is 429 g/mol. The van der Waals surface area contributed by atoms with Gasteiger partial charge in [0.25, 0.3) is 0 Å². The molecule has 1 unspecified atom stereocenters. The van der Waals surface area contributed by atoms with Gasteiger partial charge in [0.2, 0.25) is 11.5 Å². The van der Waals surface area contributed by atoms with Gasteiger partial charge in [0.15, 0.2) is 0 Å². The number of hydrogen-bond donors (Lipinski definition) is 2. The van der Waals surface area contributed by atoms with E-state index in [1.165, 1.54) is 47.3 Å². The summed E-state index contributed by atoms with van der Waals surface area (Å²) in [5.41, 5.74) is 1.95. The van der Waals surface area contributed by atoms with Crippen molar-refractivity contribution in [1.82, 2.24) is 9.78 Å². The Labute approximate surface area is 173 Å². The molecular weight excluding hydrogens is 414 g/mol. The number of fused-ring (bicyclic) bond motifs is 1. The maximum absolute atomic E-state index is 14.0. The highest BCUT2D eigenvalue weighted by Gasteiger charge is 2.56. The lowest BCUT2D eigenvalue weighted by Gasteiger charge is -2.31. The first-order chi connectivity index (χ1) is 14.6. The van der Waals surface area contributed by atoms with Crippen molar-refractivity contribution in [2.45, 2.75) is 11.8 Å². The van der Waals surface area contributed by atoms with E-state index >= 15 is 0 Å². The van der Waals surface area contributed by atoms with Gasteiger partial charge in [0.05, 0.1) is 17.4 Å². The second kappa shape index (κ2) is 7.21. The van der Waals surface area contributed by atoms with E-state index in [1.807, 2.05) is 0 Å². The molecule has 158 valence electrons. The molecule has 0 aliphatic carbocycles. The predicted octanol–water partition coefficient (Wildman–Crippen LogP) is 4.06. The fourth-order valence-corrected chi connectivity index (χ4v) is 3.42. The Morgan fingerprint density at radius 1 is 0.935 bits per heavy atom. The molecule has 4 rings (SSSR count). The van der Waals surface area contributed by atoms with Crippen LogP contribution in [0.4, 0.5) is 17.6 Å². The van der Waals surface area contributed by atoms with Gasteiger partial charge < -0.3 is 10.8 Å². The van der Waals surface area contributed by atoms with Crippen molar-refractivity contribution in [3.8, 4) is 5.69 Å². The number of hydrogen-bond acceptors (Lipinski definition) is 3. The minimum atomic E-state index is -5.05. The summed E-state index contributed by atoms with van der Waals surface area (Å²) in [5, 5.41) is 15.3. The topological polar surface area (TPSA) is 81.1 Å². The third-order valence-corrected chi connectivity index (χ3v) is 5.05. The first-order valence-electron chi connectivity index (χ1n) is 9.05. The molecule has 0 fully saturated rings. The molecule has 5 nitrogen and oxygen atoms in total. The lowest BCUT2D eigenvalue weighted by Crippen LogP contribution is -2.43. The molecule has 9 heteroatoms. The van der Waals surface area contributed by atoms with E-state index in [9.17, 15) is 27.5 Å². The van der Waals surface area contributed by atoms with Crippen LogP contribution < -0.4 is 5.73 Å². The van der Waals surface area contributed by atoms with Crippen molar-refractivity contribution in [3.63, 3.8) is 0 Å². The number of nitrogens with two attached hydrogens (primary N) is 1. The molecule has 1 atom stereocenters. The van der Waals surface area contributed by atoms with Gasteiger partial charge >= 0.3 is 6.18 Å². The molecule has 0 aliphatic rings. The zero-order valence-corrected chi connectivity index (χ0v) is 15.8. The number of primary amides is 1. The second-order valence-electron chi connectivity index (χ2n) is 6.96. The number of halogens is 4. The number of carbonyl (C=O) groups excluding carboxylic acids is 1. The van der Waals surface area contributed by atoms with Crippen molar-refractivity contribution in [3.05, 3.63) is 95.4 Å². The quantitative estimate of drug-likeness (QED) is 0.480. The van der Waals surface area contributed by atoms with E-state index in [1.54, 1.807) is 0 Å². The summed E-state index contributed by atoms with van der Waals surface area (Å²) in [5.74, 6) is -1.23. The Kier molecular flexibility index (Phi) is 4.78. The van der Waals surface area contributed by atoms with Gasteiger partial charge in [0.1, 0.15) is 5.82 Å². The molecule has 0 saturated heterocycles. The number of benzene rings is 3. The highest BCUT2D eigenvalue weighted by atomic mass is 19.4. The van der Waals surface area contributed by atoms with Gasteiger partial charge in [-0.25, -0.2) is 9.07 Å². The fraction of sp³-hybridized carbons (Fsp3) is 0.0909. The molecule has 0 saturated carbocycles. The monoisotopic (exact) mass is 429 g/mol. The van der Waals surface area contributed by atoms with E-state index in [2.05, 4.69) is 5.10 Å². The smallest absolute Gasteiger partial charge is 0.372 e. The Bertz CT molecular complexity index is 1260. The van der Waals surface area contributed by atoms with Crippen molar-refractivity contribution in [2.75, 3.05) is 0 Å². The zero-order chi connectivity index (χ0) is 22.4. The lowest BCUT2D eigenvalue weighted by molar-refractivity contribution is -0.248. The summed E-state index contributed by atoms with van der Waals surface area (Å²) in [6.45, 7) is 0. The van der Waals surface area contributed by atoms with E-state index < -0.39 is 34.6 Å². The number of amides is 1. The molecule has 0 aliphatic heterocycles. The summed E-state index contributed by atoms with van der Waals surface area (Å²) < 4.78 is 56.8. The molecule has 0 spiro atoms. The van der Waals surface area contributed by atoms with Crippen molar-refractivity contribution < 1.29 is 27.5 Å². The molecule has 1 heterocycles. The summed E-state index contributed by atoms with van der Waals surface area (Å²) in [6.07, 6.45) is -3.70. The first kappa shape index (κ1) is 20.5. The summed E-state index contributed by atoms with van der Waals surface area (Å²) in [6, 6.07) is 13.5. The molecule has 1 amide bonds. The standard InChI is InChI=1S/C22H15F4N3O2/c23-17-6-8-18(9-7-17)29-19-10-5-16(11-14(19)12-28-29)21(31,22(24,25)26)15-3-1-13(2-4-15)20(27)30/h1-12,31H,(H2,27,30). The van der Waals surface area contributed by atoms with Crippen LogP contribution in [-0.2, 0) is 5.60 Å². The molecule has 0 radical (unpaired) electrons. The Balaban J connectivity index is 1.83. The Morgan fingerprint density at radius 2 is 1.55 bits per heavy atom. The average Bonchev–Trinajstić information content (AvgIpc) is 3.16. The molecular formula is C22H15F4N3O2. The number of carbonyl (C=O) groups is 1. The Morgan fingerprint density at radius 3 is 2.13 bits per heavy atom. The molecule has 3 N–H and O–H groups in total. The first-order valence-corrected chi connectivity index (χ1v) is 9.05. The maximum atomic E-state index is 14.0. The van der Waals surface area contributed by atoms with Crippen LogP contribution in [-0.4, -0.2) is 27.0 Å². The van der Waals surface area contributed by atoms with Crippen LogP contribution in [0.5, 0.6) is 0 Å². The predicted molar refractivity (Wildman–Crippen MR) is 105 cm³/mol. The number of alkyl halides is 3.